The van der Waals surface area contributed by atoms with Crippen molar-refractivity contribution in [2.45, 2.75) is 37.5 Å². The number of piperidine rings is 1. The van der Waals surface area contributed by atoms with Gasteiger partial charge in [-0.15, -0.1) is 0 Å². The zero-order valence-corrected chi connectivity index (χ0v) is 13.5. The van der Waals surface area contributed by atoms with Crippen molar-refractivity contribution in [3.05, 3.63) is 35.6 Å². The van der Waals surface area contributed by atoms with Gasteiger partial charge >= 0.3 is 12.1 Å². The van der Waals surface area contributed by atoms with E-state index in [9.17, 15) is 27.2 Å². The maximum absolute atomic E-state index is 13.1. The monoisotopic (exact) mass is 361 g/mol. The SMILES string of the molecule is CC(N)C(=O)N1CCC(c2ccc(F)cc2)C(NC(=O)C(F)(F)F)C1. The first-order valence-electron chi connectivity index (χ1n) is 7.77. The van der Waals surface area contributed by atoms with Gasteiger partial charge < -0.3 is 16.0 Å². The third kappa shape index (κ3) is 4.68. The predicted octanol–water partition coefficient (Wildman–Crippen LogP) is 1.54. The molecular weight excluding hydrogens is 342 g/mol. The normalized spacial score (nSPS) is 22.4. The first kappa shape index (κ1) is 19.2. The summed E-state index contributed by atoms with van der Waals surface area (Å²) in [5, 5.41) is 1.95. The van der Waals surface area contributed by atoms with E-state index < -0.39 is 41.8 Å². The minimum atomic E-state index is -5.03. The number of carbonyl (C=O) groups excluding carboxylic acids is 2. The Morgan fingerprint density at radius 1 is 1.28 bits per heavy atom. The number of hydrogen-bond donors (Lipinski definition) is 2. The van der Waals surface area contributed by atoms with Crippen molar-refractivity contribution in [2.24, 2.45) is 5.73 Å². The van der Waals surface area contributed by atoms with Gasteiger partial charge in [-0.2, -0.15) is 13.2 Å². The zero-order valence-electron chi connectivity index (χ0n) is 13.5. The van der Waals surface area contributed by atoms with Crippen LogP contribution in [0.3, 0.4) is 0 Å². The topological polar surface area (TPSA) is 75.4 Å². The number of carbonyl (C=O) groups is 2. The minimum absolute atomic E-state index is 0.0930. The number of benzene rings is 1. The second-order valence-electron chi connectivity index (χ2n) is 6.10. The molecule has 138 valence electrons. The summed E-state index contributed by atoms with van der Waals surface area (Å²) in [7, 11) is 0. The van der Waals surface area contributed by atoms with Crippen molar-refractivity contribution in [3.63, 3.8) is 0 Å². The number of rotatable bonds is 3. The molecule has 3 N–H and O–H groups in total. The smallest absolute Gasteiger partial charge is 0.343 e. The molecule has 1 aromatic rings. The molecule has 1 aromatic carbocycles. The highest BCUT2D eigenvalue weighted by Gasteiger charge is 2.42. The molecule has 0 aliphatic carbocycles. The van der Waals surface area contributed by atoms with Gasteiger partial charge in [0.15, 0.2) is 0 Å². The highest BCUT2D eigenvalue weighted by atomic mass is 19.4. The lowest BCUT2D eigenvalue weighted by Crippen LogP contribution is -2.57. The maximum Gasteiger partial charge on any atom is 0.471 e. The third-order valence-electron chi connectivity index (χ3n) is 4.19. The number of nitrogens with one attached hydrogen (secondary N) is 1. The quantitative estimate of drug-likeness (QED) is 0.802. The fourth-order valence-corrected chi connectivity index (χ4v) is 2.95. The molecule has 1 aliphatic heterocycles. The number of alkyl halides is 3. The summed E-state index contributed by atoms with van der Waals surface area (Å²) < 4.78 is 50.9. The van der Waals surface area contributed by atoms with Gasteiger partial charge in [0.2, 0.25) is 5.91 Å². The summed E-state index contributed by atoms with van der Waals surface area (Å²) in [5.41, 5.74) is 6.14. The molecule has 1 fully saturated rings. The van der Waals surface area contributed by atoms with Gasteiger partial charge in [0.1, 0.15) is 5.82 Å². The van der Waals surface area contributed by atoms with E-state index in [0.717, 1.165) is 0 Å². The Morgan fingerprint density at radius 3 is 2.40 bits per heavy atom. The molecule has 0 spiro atoms. The number of nitrogens with two attached hydrogens (primary N) is 1. The van der Waals surface area contributed by atoms with Gasteiger partial charge in [-0.3, -0.25) is 9.59 Å². The van der Waals surface area contributed by atoms with Crippen molar-refractivity contribution < 1.29 is 27.2 Å². The molecule has 25 heavy (non-hydrogen) atoms. The summed E-state index contributed by atoms with van der Waals surface area (Å²) in [6, 6.07) is 3.61. The lowest BCUT2D eigenvalue weighted by Gasteiger charge is -2.40. The fraction of sp³-hybridized carbons (Fsp3) is 0.500. The van der Waals surface area contributed by atoms with E-state index in [-0.39, 0.29) is 6.54 Å². The standard InChI is InChI=1S/C16H19F4N3O2/c1-9(21)14(24)23-7-6-12(10-2-4-11(17)5-3-10)13(8-23)22-15(25)16(18,19)20/h2-5,9,12-13H,6-8,21H2,1H3,(H,22,25). The molecule has 2 rings (SSSR count). The number of halogens is 4. The van der Waals surface area contributed by atoms with Crippen LogP contribution in [-0.4, -0.2) is 48.1 Å². The van der Waals surface area contributed by atoms with Crippen LogP contribution in [0.4, 0.5) is 17.6 Å². The van der Waals surface area contributed by atoms with E-state index in [4.69, 9.17) is 5.73 Å². The van der Waals surface area contributed by atoms with Gasteiger partial charge in [0.25, 0.3) is 0 Å². The fourth-order valence-electron chi connectivity index (χ4n) is 2.95. The minimum Gasteiger partial charge on any atom is -0.343 e. The van der Waals surface area contributed by atoms with Crippen LogP contribution in [0.2, 0.25) is 0 Å². The van der Waals surface area contributed by atoms with Gasteiger partial charge in [0, 0.05) is 19.0 Å². The van der Waals surface area contributed by atoms with Crippen LogP contribution < -0.4 is 11.1 Å². The van der Waals surface area contributed by atoms with Crippen molar-refractivity contribution in [3.8, 4) is 0 Å². The Bertz CT molecular complexity index is 631. The lowest BCUT2D eigenvalue weighted by molar-refractivity contribution is -0.175. The molecule has 1 aliphatic rings. The predicted molar refractivity (Wildman–Crippen MR) is 82.0 cm³/mol. The number of likely N-dealkylation sites (tertiary alicyclic amines) is 1. The van der Waals surface area contributed by atoms with Gasteiger partial charge in [-0.1, -0.05) is 12.1 Å². The average Bonchev–Trinajstić information content (AvgIpc) is 2.54. The van der Waals surface area contributed by atoms with Crippen LogP contribution in [0, 0.1) is 5.82 Å². The Balaban J connectivity index is 2.23. The van der Waals surface area contributed by atoms with E-state index in [2.05, 4.69) is 0 Å². The van der Waals surface area contributed by atoms with E-state index >= 15 is 0 Å². The van der Waals surface area contributed by atoms with Gasteiger partial charge in [-0.05, 0) is 31.0 Å². The summed E-state index contributed by atoms with van der Waals surface area (Å²) in [6.07, 6.45) is -4.70. The van der Waals surface area contributed by atoms with Crippen LogP contribution >= 0.6 is 0 Å². The number of hydrogen-bond acceptors (Lipinski definition) is 3. The summed E-state index contributed by atoms with van der Waals surface area (Å²) in [6.45, 7) is 1.68. The first-order valence-corrected chi connectivity index (χ1v) is 7.77. The van der Waals surface area contributed by atoms with Crippen LogP contribution in [0.25, 0.3) is 0 Å². The summed E-state index contributed by atoms with van der Waals surface area (Å²) in [4.78, 5) is 24.7. The van der Waals surface area contributed by atoms with Gasteiger partial charge in [0.05, 0.1) is 12.1 Å². The Hall–Kier alpha value is -2.16. The summed E-state index contributed by atoms with van der Waals surface area (Å²) >= 11 is 0. The Labute approximate surface area is 142 Å². The van der Waals surface area contributed by atoms with Crippen molar-refractivity contribution >= 4 is 11.8 Å². The molecule has 0 aromatic heterocycles. The second kappa shape index (κ2) is 7.38. The molecule has 2 amide bonds. The van der Waals surface area contributed by atoms with E-state index in [1.165, 1.54) is 36.1 Å². The largest absolute Gasteiger partial charge is 0.471 e. The van der Waals surface area contributed by atoms with E-state index in [1.54, 1.807) is 0 Å². The van der Waals surface area contributed by atoms with Crippen LogP contribution in [0.1, 0.15) is 24.8 Å². The van der Waals surface area contributed by atoms with Crippen molar-refractivity contribution in [1.82, 2.24) is 10.2 Å². The average molecular weight is 361 g/mol. The molecule has 0 radical (unpaired) electrons. The van der Waals surface area contributed by atoms with Crippen molar-refractivity contribution in [2.75, 3.05) is 13.1 Å². The Morgan fingerprint density at radius 2 is 1.88 bits per heavy atom. The lowest BCUT2D eigenvalue weighted by atomic mass is 9.85. The molecule has 0 saturated carbocycles. The molecule has 9 heteroatoms. The molecule has 5 nitrogen and oxygen atoms in total. The second-order valence-corrected chi connectivity index (χ2v) is 6.10. The highest BCUT2D eigenvalue weighted by Crippen LogP contribution is 2.30. The maximum atomic E-state index is 13.1. The van der Waals surface area contributed by atoms with Crippen LogP contribution in [-0.2, 0) is 9.59 Å². The number of amides is 2. The number of nitrogens with zero attached hydrogens (tertiary/aromatic N) is 1. The van der Waals surface area contributed by atoms with E-state index in [1.807, 2.05) is 5.32 Å². The van der Waals surface area contributed by atoms with E-state index in [0.29, 0.717) is 18.5 Å². The van der Waals surface area contributed by atoms with Crippen LogP contribution in [0.5, 0.6) is 0 Å². The molecule has 3 unspecified atom stereocenters. The molecule has 0 bridgehead atoms. The third-order valence-corrected chi connectivity index (χ3v) is 4.19. The molecule has 1 heterocycles. The molecule has 1 saturated heterocycles. The zero-order chi connectivity index (χ0) is 18.8. The summed E-state index contributed by atoms with van der Waals surface area (Å²) in [5.74, 6) is -3.41. The molecular formula is C16H19F4N3O2. The Kier molecular flexibility index (Phi) is 5.66. The molecule has 3 atom stereocenters. The van der Waals surface area contributed by atoms with Gasteiger partial charge in [-0.25, -0.2) is 4.39 Å². The first-order chi connectivity index (χ1) is 11.6. The van der Waals surface area contributed by atoms with Crippen molar-refractivity contribution in [1.29, 1.82) is 0 Å². The van der Waals surface area contributed by atoms with Crippen LogP contribution in [0.15, 0.2) is 24.3 Å². The highest BCUT2D eigenvalue weighted by molar-refractivity contribution is 5.83.